The van der Waals surface area contributed by atoms with Gasteiger partial charge >= 0.3 is 6.09 Å². The second kappa shape index (κ2) is 9.75. The van der Waals surface area contributed by atoms with Gasteiger partial charge in [0.1, 0.15) is 6.04 Å². The first kappa shape index (κ1) is 21.8. The van der Waals surface area contributed by atoms with E-state index >= 15 is 0 Å². The molecule has 3 rings (SSSR count). The Hall–Kier alpha value is -3.87. The second-order valence-corrected chi connectivity index (χ2v) is 6.85. The predicted octanol–water partition coefficient (Wildman–Crippen LogP) is 0.783. The van der Waals surface area contributed by atoms with Gasteiger partial charge in [-0.3, -0.25) is 19.7 Å². The van der Waals surface area contributed by atoms with Crippen molar-refractivity contribution in [2.24, 2.45) is 0 Å². The zero-order valence-electron chi connectivity index (χ0n) is 16.6. The standard InChI is InChI=1S/C22H21N3O6/c1-14(26)19(21(28)24-30)23-20(27)18-13-25(22(29)31-18)17-11-9-16(10-12-17)8-7-15-5-3-2-4-6-15/h2-6,9-12,14,18-19,26,30H,13H2,1H3,(H,23,27)(H,24,28)/t14-,18-,19+/m1/s1. The first-order valence-electron chi connectivity index (χ1n) is 9.46. The monoisotopic (exact) mass is 423 g/mol. The number of aliphatic hydroxyl groups is 1. The summed E-state index contributed by atoms with van der Waals surface area (Å²) in [5, 5.41) is 20.6. The maximum Gasteiger partial charge on any atom is 0.415 e. The minimum atomic E-state index is -1.40. The van der Waals surface area contributed by atoms with Crippen LogP contribution in [-0.4, -0.2) is 53.0 Å². The summed E-state index contributed by atoms with van der Waals surface area (Å²) in [6.07, 6.45) is -3.17. The third-order valence-corrected chi connectivity index (χ3v) is 4.58. The molecule has 2 aromatic carbocycles. The quantitative estimate of drug-likeness (QED) is 0.320. The van der Waals surface area contributed by atoms with Crippen molar-refractivity contribution in [2.45, 2.75) is 25.2 Å². The number of amides is 3. The number of hydrogen-bond acceptors (Lipinski definition) is 6. The Balaban J connectivity index is 1.65. The number of aliphatic hydroxyl groups excluding tert-OH is 1. The van der Waals surface area contributed by atoms with Gasteiger partial charge in [0.05, 0.1) is 12.6 Å². The van der Waals surface area contributed by atoms with Crippen LogP contribution in [0.4, 0.5) is 10.5 Å². The summed E-state index contributed by atoms with van der Waals surface area (Å²) >= 11 is 0. The topological polar surface area (TPSA) is 128 Å². The van der Waals surface area contributed by atoms with E-state index < -0.39 is 36.2 Å². The molecule has 0 unspecified atom stereocenters. The van der Waals surface area contributed by atoms with Crippen molar-refractivity contribution in [3.63, 3.8) is 0 Å². The predicted molar refractivity (Wildman–Crippen MR) is 110 cm³/mol. The van der Waals surface area contributed by atoms with Gasteiger partial charge in [0, 0.05) is 16.8 Å². The van der Waals surface area contributed by atoms with Crippen LogP contribution in [0.3, 0.4) is 0 Å². The molecule has 3 atom stereocenters. The molecular weight excluding hydrogens is 402 g/mol. The zero-order valence-corrected chi connectivity index (χ0v) is 16.6. The Morgan fingerprint density at radius 2 is 1.71 bits per heavy atom. The summed E-state index contributed by atoms with van der Waals surface area (Å²) in [5.74, 6) is 4.32. The van der Waals surface area contributed by atoms with Gasteiger partial charge in [-0.1, -0.05) is 30.0 Å². The highest BCUT2D eigenvalue weighted by Gasteiger charge is 2.39. The normalized spacial score (nSPS) is 17.1. The van der Waals surface area contributed by atoms with E-state index in [1.54, 1.807) is 24.3 Å². The lowest BCUT2D eigenvalue weighted by molar-refractivity contribution is -0.139. The molecule has 1 heterocycles. The zero-order chi connectivity index (χ0) is 22.4. The number of cyclic esters (lactones) is 1. The number of carbonyl (C=O) groups is 3. The highest BCUT2D eigenvalue weighted by atomic mass is 16.6. The van der Waals surface area contributed by atoms with E-state index in [2.05, 4.69) is 17.2 Å². The lowest BCUT2D eigenvalue weighted by atomic mass is 10.1. The average molecular weight is 423 g/mol. The number of carbonyl (C=O) groups excluding carboxylic acids is 3. The molecule has 160 valence electrons. The first-order chi connectivity index (χ1) is 14.9. The first-order valence-corrected chi connectivity index (χ1v) is 9.46. The van der Waals surface area contributed by atoms with Crippen LogP contribution in [0.5, 0.6) is 0 Å². The maximum atomic E-state index is 12.4. The minimum absolute atomic E-state index is 0.0764. The summed E-state index contributed by atoms with van der Waals surface area (Å²) < 4.78 is 5.09. The summed E-state index contributed by atoms with van der Waals surface area (Å²) in [7, 11) is 0. The SMILES string of the molecule is C[C@@H](O)[C@H](NC(=O)[C@H]1CN(c2ccc(C#Cc3ccccc3)cc2)C(=O)O1)C(=O)NO. The smallest absolute Gasteiger partial charge is 0.415 e. The fourth-order valence-corrected chi connectivity index (χ4v) is 2.92. The van der Waals surface area contributed by atoms with E-state index in [-0.39, 0.29) is 6.54 Å². The number of nitrogens with zero attached hydrogens (tertiary/aromatic N) is 1. The van der Waals surface area contributed by atoms with Gasteiger partial charge < -0.3 is 15.2 Å². The Kier molecular flexibility index (Phi) is 6.87. The molecular formula is C22H21N3O6. The van der Waals surface area contributed by atoms with E-state index in [9.17, 15) is 19.5 Å². The van der Waals surface area contributed by atoms with Crippen molar-refractivity contribution in [1.29, 1.82) is 0 Å². The van der Waals surface area contributed by atoms with Gasteiger partial charge in [-0.25, -0.2) is 10.3 Å². The molecule has 1 aliphatic rings. The molecule has 0 aliphatic carbocycles. The Morgan fingerprint density at radius 1 is 1.10 bits per heavy atom. The van der Waals surface area contributed by atoms with E-state index in [1.807, 2.05) is 30.3 Å². The van der Waals surface area contributed by atoms with Crippen LogP contribution in [0.2, 0.25) is 0 Å². The van der Waals surface area contributed by atoms with Gasteiger partial charge in [-0.2, -0.15) is 0 Å². The molecule has 0 bridgehead atoms. The second-order valence-electron chi connectivity index (χ2n) is 6.85. The molecule has 0 radical (unpaired) electrons. The van der Waals surface area contributed by atoms with E-state index in [0.717, 1.165) is 11.1 Å². The van der Waals surface area contributed by atoms with Crippen molar-refractivity contribution < 1.29 is 29.4 Å². The van der Waals surface area contributed by atoms with Crippen molar-refractivity contribution in [3.8, 4) is 11.8 Å². The lowest BCUT2D eigenvalue weighted by Crippen LogP contribution is -2.54. The Morgan fingerprint density at radius 3 is 2.29 bits per heavy atom. The molecule has 1 saturated heterocycles. The number of hydrogen-bond donors (Lipinski definition) is 4. The third-order valence-electron chi connectivity index (χ3n) is 4.58. The molecule has 0 saturated carbocycles. The summed E-state index contributed by atoms with van der Waals surface area (Å²) in [6, 6.07) is 15.0. The van der Waals surface area contributed by atoms with E-state index in [4.69, 9.17) is 9.94 Å². The highest BCUT2D eigenvalue weighted by Crippen LogP contribution is 2.22. The van der Waals surface area contributed by atoms with Crippen LogP contribution in [0.1, 0.15) is 18.1 Å². The van der Waals surface area contributed by atoms with Crippen LogP contribution < -0.4 is 15.7 Å². The van der Waals surface area contributed by atoms with Gasteiger partial charge in [-0.05, 0) is 43.3 Å². The molecule has 0 spiro atoms. The third kappa shape index (κ3) is 5.39. The summed E-state index contributed by atoms with van der Waals surface area (Å²) in [5.41, 5.74) is 3.53. The number of hydroxylamine groups is 1. The minimum Gasteiger partial charge on any atom is -0.434 e. The fourth-order valence-electron chi connectivity index (χ4n) is 2.92. The molecule has 9 heteroatoms. The molecule has 2 aromatic rings. The summed E-state index contributed by atoms with van der Waals surface area (Å²) in [6.45, 7) is 1.20. The highest BCUT2D eigenvalue weighted by molar-refractivity contribution is 5.97. The number of anilines is 1. The van der Waals surface area contributed by atoms with Crippen LogP contribution >= 0.6 is 0 Å². The summed E-state index contributed by atoms with van der Waals surface area (Å²) in [4.78, 5) is 37.4. The molecule has 3 amide bonds. The van der Waals surface area contributed by atoms with Gasteiger partial charge in [0.15, 0.2) is 6.10 Å². The number of nitrogens with one attached hydrogen (secondary N) is 2. The molecule has 9 nitrogen and oxygen atoms in total. The van der Waals surface area contributed by atoms with Gasteiger partial charge in [-0.15, -0.1) is 0 Å². The molecule has 31 heavy (non-hydrogen) atoms. The van der Waals surface area contributed by atoms with Gasteiger partial charge in [0.2, 0.25) is 0 Å². The number of rotatable bonds is 5. The van der Waals surface area contributed by atoms with Crippen LogP contribution in [-0.2, 0) is 14.3 Å². The maximum absolute atomic E-state index is 12.4. The number of benzene rings is 2. The molecule has 1 fully saturated rings. The fraction of sp³-hybridized carbons (Fsp3) is 0.227. The van der Waals surface area contributed by atoms with Crippen LogP contribution in [0, 0.1) is 11.8 Å². The van der Waals surface area contributed by atoms with E-state index in [0.29, 0.717) is 5.69 Å². The molecule has 0 aromatic heterocycles. The Bertz CT molecular complexity index is 1010. The molecule has 4 N–H and O–H groups in total. The largest absolute Gasteiger partial charge is 0.434 e. The van der Waals surface area contributed by atoms with Crippen LogP contribution in [0.15, 0.2) is 54.6 Å². The van der Waals surface area contributed by atoms with Crippen molar-refractivity contribution >= 4 is 23.6 Å². The lowest BCUT2D eigenvalue weighted by Gasteiger charge is -2.20. The van der Waals surface area contributed by atoms with Crippen molar-refractivity contribution in [1.82, 2.24) is 10.8 Å². The van der Waals surface area contributed by atoms with Crippen molar-refractivity contribution in [2.75, 3.05) is 11.4 Å². The van der Waals surface area contributed by atoms with E-state index in [1.165, 1.54) is 17.3 Å². The number of ether oxygens (including phenoxy) is 1. The van der Waals surface area contributed by atoms with Crippen LogP contribution in [0.25, 0.3) is 0 Å². The Labute approximate surface area is 178 Å². The average Bonchev–Trinajstić information content (AvgIpc) is 3.18. The molecule has 1 aliphatic heterocycles. The van der Waals surface area contributed by atoms with Crippen molar-refractivity contribution in [3.05, 3.63) is 65.7 Å². The van der Waals surface area contributed by atoms with Gasteiger partial charge in [0.25, 0.3) is 11.8 Å².